The van der Waals surface area contributed by atoms with Crippen LogP contribution in [0.2, 0.25) is 0 Å². The number of hydrogen-bond donors (Lipinski definition) is 1. The number of fused-ring (bicyclic) bond motifs is 3. The van der Waals surface area contributed by atoms with Crippen molar-refractivity contribution in [3.8, 4) is 11.1 Å². The van der Waals surface area contributed by atoms with Gasteiger partial charge in [0.25, 0.3) is 0 Å². The number of hydrogen-bond acceptors (Lipinski definition) is 1. The van der Waals surface area contributed by atoms with Gasteiger partial charge in [0, 0.05) is 5.69 Å². The molecule has 178 valence electrons. The van der Waals surface area contributed by atoms with Gasteiger partial charge < -0.3 is 5.73 Å². The van der Waals surface area contributed by atoms with E-state index in [1.165, 1.54) is 71.9 Å². The fraction of sp³-hybridized carbons (Fsp3) is 0.314. The molecule has 0 aromatic heterocycles. The SMILES string of the molecule is Nc1cc(C23CC4CC(CC(C4)C2)C3)c2c(c1)C(c1ccccc1)(c1ccccc1)c1ccccc1-2. The minimum Gasteiger partial charge on any atom is -0.399 e. The number of benzene rings is 4. The molecule has 5 aliphatic rings. The van der Waals surface area contributed by atoms with E-state index in [-0.39, 0.29) is 10.8 Å². The van der Waals surface area contributed by atoms with Crippen LogP contribution < -0.4 is 5.73 Å². The van der Waals surface area contributed by atoms with Crippen molar-refractivity contribution in [1.29, 1.82) is 0 Å². The summed E-state index contributed by atoms with van der Waals surface area (Å²) in [7, 11) is 0. The first-order valence-corrected chi connectivity index (χ1v) is 13.8. The highest BCUT2D eigenvalue weighted by atomic mass is 14.6. The summed E-state index contributed by atoms with van der Waals surface area (Å²) in [5, 5.41) is 0. The predicted octanol–water partition coefficient (Wildman–Crippen LogP) is 8.10. The van der Waals surface area contributed by atoms with Gasteiger partial charge in [-0.25, -0.2) is 0 Å². The molecule has 1 heteroatoms. The molecule has 0 aliphatic heterocycles. The van der Waals surface area contributed by atoms with Crippen molar-refractivity contribution in [3.05, 3.63) is 125 Å². The first-order valence-electron chi connectivity index (χ1n) is 13.8. The van der Waals surface area contributed by atoms with Crippen LogP contribution in [0.1, 0.15) is 66.3 Å². The Kier molecular flexibility index (Phi) is 4.25. The van der Waals surface area contributed by atoms with E-state index < -0.39 is 0 Å². The Labute approximate surface area is 214 Å². The van der Waals surface area contributed by atoms with Crippen LogP contribution >= 0.6 is 0 Å². The maximum absolute atomic E-state index is 6.86. The van der Waals surface area contributed by atoms with Gasteiger partial charge in [0.2, 0.25) is 0 Å². The number of nitrogen functional groups attached to an aromatic ring is 1. The molecule has 0 heterocycles. The van der Waals surface area contributed by atoms with Crippen molar-refractivity contribution in [2.24, 2.45) is 17.8 Å². The molecule has 1 nitrogen and oxygen atoms in total. The van der Waals surface area contributed by atoms with Gasteiger partial charge in [-0.1, -0.05) is 84.9 Å². The number of anilines is 1. The summed E-state index contributed by atoms with van der Waals surface area (Å²) in [5.74, 6) is 2.70. The van der Waals surface area contributed by atoms with Crippen molar-refractivity contribution in [2.45, 2.75) is 49.4 Å². The molecule has 4 aromatic carbocycles. The fourth-order valence-corrected chi connectivity index (χ4v) is 9.45. The predicted molar refractivity (Wildman–Crippen MR) is 148 cm³/mol. The van der Waals surface area contributed by atoms with E-state index in [9.17, 15) is 0 Å². The van der Waals surface area contributed by atoms with E-state index in [1.54, 1.807) is 5.56 Å². The van der Waals surface area contributed by atoms with Crippen LogP contribution in [-0.4, -0.2) is 0 Å². The van der Waals surface area contributed by atoms with Gasteiger partial charge in [0.1, 0.15) is 0 Å². The molecular formula is C35H33N. The zero-order chi connectivity index (χ0) is 23.9. The highest BCUT2D eigenvalue weighted by Crippen LogP contribution is 2.65. The minimum atomic E-state index is -0.360. The van der Waals surface area contributed by atoms with Crippen molar-refractivity contribution in [1.82, 2.24) is 0 Å². The Bertz CT molecular complexity index is 1390. The van der Waals surface area contributed by atoms with Gasteiger partial charge in [-0.15, -0.1) is 0 Å². The Balaban J connectivity index is 1.48. The summed E-state index contributed by atoms with van der Waals surface area (Å²) in [6, 6.07) is 36.1. The summed E-state index contributed by atoms with van der Waals surface area (Å²) >= 11 is 0. The number of nitrogens with two attached hydrogens (primary N) is 1. The molecule has 0 unspecified atom stereocenters. The third-order valence-electron chi connectivity index (χ3n) is 10.2. The lowest BCUT2D eigenvalue weighted by molar-refractivity contribution is -0.00491. The minimum absolute atomic E-state index is 0.283. The first kappa shape index (κ1) is 20.8. The zero-order valence-electron chi connectivity index (χ0n) is 20.8. The Hall–Kier alpha value is -3.32. The van der Waals surface area contributed by atoms with Crippen molar-refractivity contribution in [2.75, 3.05) is 5.73 Å². The maximum Gasteiger partial charge on any atom is 0.0714 e. The molecule has 4 saturated carbocycles. The monoisotopic (exact) mass is 467 g/mol. The van der Waals surface area contributed by atoms with Gasteiger partial charge in [-0.2, -0.15) is 0 Å². The quantitative estimate of drug-likeness (QED) is 0.267. The lowest BCUT2D eigenvalue weighted by atomic mass is 9.47. The van der Waals surface area contributed by atoms with E-state index in [0.29, 0.717) is 0 Å². The Morgan fingerprint density at radius 1 is 0.556 bits per heavy atom. The second-order valence-electron chi connectivity index (χ2n) is 12.2. The molecule has 4 bridgehead atoms. The second-order valence-corrected chi connectivity index (χ2v) is 12.2. The standard InChI is InChI=1S/C35H33N/c36-28-18-31(34-20-23-15-24(21-34)17-25(16-23)22-34)33-29-13-7-8-14-30(29)35(32(33)19-28,26-9-3-1-4-10-26)27-11-5-2-6-12-27/h1-14,18-19,23-25H,15-17,20-22,36H2. The van der Waals surface area contributed by atoms with Crippen LogP contribution in [0.4, 0.5) is 5.69 Å². The molecule has 36 heavy (non-hydrogen) atoms. The molecule has 0 radical (unpaired) electrons. The topological polar surface area (TPSA) is 26.0 Å². The molecule has 2 N–H and O–H groups in total. The van der Waals surface area contributed by atoms with Crippen molar-refractivity contribution < 1.29 is 0 Å². The number of rotatable bonds is 3. The highest BCUT2D eigenvalue weighted by molar-refractivity contribution is 5.90. The first-order chi connectivity index (χ1) is 17.7. The van der Waals surface area contributed by atoms with Gasteiger partial charge in [0.15, 0.2) is 0 Å². The summed E-state index contributed by atoms with van der Waals surface area (Å²) < 4.78 is 0. The average molecular weight is 468 g/mol. The van der Waals surface area contributed by atoms with Gasteiger partial charge >= 0.3 is 0 Å². The molecule has 5 aliphatic carbocycles. The smallest absolute Gasteiger partial charge is 0.0714 e. The molecule has 0 saturated heterocycles. The highest BCUT2D eigenvalue weighted by Gasteiger charge is 2.55. The Morgan fingerprint density at radius 2 is 1.06 bits per heavy atom. The van der Waals surface area contributed by atoms with E-state index in [4.69, 9.17) is 5.73 Å². The largest absolute Gasteiger partial charge is 0.399 e. The zero-order valence-corrected chi connectivity index (χ0v) is 20.8. The van der Waals surface area contributed by atoms with E-state index in [0.717, 1.165) is 23.4 Å². The average Bonchev–Trinajstić information content (AvgIpc) is 3.19. The Morgan fingerprint density at radius 3 is 1.64 bits per heavy atom. The normalized spacial score (nSPS) is 28.6. The van der Waals surface area contributed by atoms with Crippen LogP contribution in [0, 0.1) is 17.8 Å². The summed E-state index contributed by atoms with van der Waals surface area (Å²) in [4.78, 5) is 0. The van der Waals surface area contributed by atoms with E-state index in [1.807, 2.05) is 0 Å². The third kappa shape index (κ3) is 2.67. The molecule has 0 amide bonds. The summed E-state index contributed by atoms with van der Waals surface area (Å²) in [6.07, 6.45) is 8.41. The van der Waals surface area contributed by atoms with E-state index >= 15 is 0 Å². The van der Waals surface area contributed by atoms with Crippen LogP contribution in [0.25, 0.3) is 11.1 Å². The third-order valence-corrected chi connectivity index (χ3v) is 10.2. The van der Waals surface area contributed by atoms with Crippen LogP contribution in [-0.2, 0) is 10.8 Å². The van der Waals surface area contributed by atoms with Crippen LogP contribution in [0.5, 0.6) is 0 Å². The van der Waals surface area contributed by atoms with Crippen LogP contribution in [0.3, 0.4) is 0 Å². The van der Waals surface area contributed by atoms with Gasteiger partial charge in [-0.3, -0.25) is 0 Å². The summed E-state index contributed by atoms with van der Waals surface area (Å²) in [5.41, 5.74) is 17.6. The van der Waals surface area contributed by atoms with Crippen LogP contribution in [0.15, 0.2) is 97.1 Å². The molecular weight excluding hydrogens is 434 g/mol. The van der Waals surface area contributed by atoms with Gasteiger partial charge in [0.05, 0.1) is 5.41 Å². The summed E-state index contributed by atoms with van der Waals surface area (Å²) in [6.45, 7) is 0. The molecule has 4 fully saturated rings. The molecule has 9 rings (SSSR count). The molecule has 4 aromatic rings. The van der Waals surface area contributed by atoms with Gasteiger partial charge in [-0.05, 0) is 113 Å². The lowest BCUT2D eigenvalue weighted by Crippen LogP contribution is -2.48. The molecule has 0 spiro atoms. The second kappa shape index (κ2) is 7.35. The maximum atomic E-state index is 6.86. The van der Waals surface area contributed by atoms with Crippen molar-refractivity contribution in [3.63, 3.8) is 0 Å². The lowest BCUT2D eigenvalue weighted by Gasteiger charge is -2.57. The van der Waals surface area contributed by atoms with E-state index in [2.05, 4.69) is 97.1 Å². The van der Waals surface area contributed by atoms with Crippen molar-refractivity contribution >= 4 is 5.69 Å². The molecule has 0 atom stereocenters. The fourth-order valence-electron chi connectivity index (χ4n) is 9.45.